The van der Waals surface area contributed by atoms with Crippen molar-refractivity contribution in [3.05, 3.63) is 78.0 Å². The van der Waals surface area contributed by atoms with Crippen LogP contribution in [0.5, 0.6) is 11.5 Å². The van der Waals surface area contributed by atoms with Crippen LogP contribution in [-0.4, -0.2) is 42.6 Å². The van der Waals surface area contributed by atoms with Gasteiger partial charge >= 0.3 is 0 Å². The molecule has 1 saturated heterocycles. The van der Waals surface area contributed by atoms with Crippen LogP contribution in [0.1, 0.15) is 36.0 Å². The summed E-state index contributed by atoms with van der Waals surface area (Å²) >= 11 is 0. The molecule has 4 rings (SSSR count). The Kier molecular flexibility index (Phi) is 6.32. The lowest BCUT2D eigenvalue weighted by molar-refractivity contribution is -0.134. The summed E-state index contributed by atoms with van der Waals surface area (Å²) in [7, 11) is 1.58. The number of amides is 1. The molecule has 156 valence electrons. The van der Waals surface area contributed by atoms with Crippen LogP contribution in [0.3, 0.4) is 0 Å². The van der Waals surface area contributed by atoms with Gasteiger partial charge in [-0.2, -0.15) is 0 Å². The van der Waals surface area contributed by atoms with Crippen LogP contribution in [0.15, 0.2) is 65.2 Å². The van der Waals surface area contributed by atoms with Crippen LogP contribution in [0.2, 0.25) is 0 Å². The standard InChI is InChI=1S/C24H26N2O4/c1-28-21-11-5-6-12-22(21)29-17-23(27)26-13-7-10-19(16-26)24-25-15-20(30-24)14-18-8-3-2-4-9-18/h2-6,8-9,11-12,15,19H,7,10,13-14,16-17H2,1H3/t19-/m0/s1. The Bertz CT molecular complexity index is 970. The summed E-state index contributed by atoms with van der Waals surface area (Å²) in [6.45, 7) is 1.31. The van der Waals surface area contributed by atoms with Crippen LogP contribution >= 0.6 is 0 Å². The zero-order chi connectivity index (χ0) is 20.8. The molecule has 0 saturated carbocycles. The molecule has 0 radical (unpaired) electrons. The number of benzene rings is 2. The first kappa shape index (κ1) is 20.0. The fraction of sp³-hybridized carbons (Fsp3) is 0.333. The summed E-state index contributed by atoms with van der Waals surface area (Å²) in [5.41, 5.74) is 1.19. The topological polar surface area (TPSA) is 64.8 Å². The van der Waals surface area contributed by atoms with Crippen molar-refractivity contribution in [3.8, 4) is 11.5 Å². The number of hydrogen-bond donors (Lipinski definition) is 0. The van der Waals surface area contributed by atoms with E-state index in [9.17, 15) is 4.79 Å². The molecule has 6 nitrogen and oxygen atoms in total. The molecule has 1 fully saturated rings. The number of ether oxygens (including phenoxy) is 2. The molecule has 0 spiro atoms. The number of nitrogens with zero attached hydrogens (tertiary/aromatic N) is 2. The molecule has 6 heteroatoms. The number of methoxy groups -OCH3 is 1. The van der Waals surface area contributed by atoms with Gasteiger partial charge in [0.1, 0.15) is 5.76 Å². The predicted octanol–water partition coefficient (Wildman–Crippen LogP) is 4.06. The van der Waals surface area contributed by atoms with Gasteiger partial charge in [0.15, 0.2) is 24.0 Å². The van der Waals surface area contributed by atoms with E-state index in [0.717, 1.165) is 31.6 Å². The number of rotatable bonds is 7. The minimum atomic E-state index is -0.0401. The molecule has 2 aromatic carbocycles. The van der Waals surface area contributed by atoms with E-state index in [1.165, 1.54) is 5.56 Å². The number of carbonyl (C=O) groups is 1. The highest BCUT2D eigenvalue weighted by Gasteiger charge is 2.28. The zero-order valence-corrected chi connectivity index (χ0v) is 17.1. The second-order valence-electron chi connectivity index (χ2n) is 7.45. The van der Waals surface area contributed by atoms with E-state index in [2.05, 4.69) is 17.1 Å². The number of oxazole rings is 1. The van der Waals surface area contributed by atoms with Crippen molar-refractivity contribution in [1.29, 1.82) is 0 Å². The van der Waals surface area contributed by atoms with Gasteiger partial charge in [-0.05, 0) is 30.5 Å². The van der Waals surface area contributed by atoms with Crippen LogP contribution in [-0.2, 0) is 11.2 Å². The van der Waals surface area contributed by atoms with Crippen molar-refractivity contribution in [3.63, 3.8) is 0 Å². The monoisotopic (exact) mass is 406 g/mol. The summed E-state index contributed by atoms with van der Waals surface area (Å²) in [4.78, 5) is 19.0. The number of piperidine rings is 1. The second kappa shape index (κ2) is 9.48. The number of hydrogen-bond acceptors (Lipinski definition) is 5. The SMILES string of the molecule is COc1ccccc1OCC(=O)N1CCC[C@H](c2ncc(Cc3ccccc3)o2)C1. The highest BCUT2D eigenvalue weighted by Crippen LogP contribution is 2.28. The molecule has 3 aromatic rings. The maximum absolute atomic E-state index is 12.7. The van der Waals surface area contributed by atoms with Crippen LogP contribution in [0.4, 0.5) is 0 Å². The van der Waals surface area contributed by atoms with Crippen LogP contribution < -0.4 is 9.47 Å². The Morgan fingerprint density at radius 2 is 1.90 bits per heavy atom. The van der Waals surface area contributed by atoms with E-state index < -0.39 is 0 Å². The van der Waals surface area contributed by atoms with Gasteiger partial charge in [-0.3, -0.25) is 4.79 Å². The van der Waals surface area contributed by atoms with Gasteiger partial charge in [0.25, 0.3) is 5.91 Å². The van der Waals surface area contributed by atoms with Gasteiger partial charge in [-0.25, -0.2) is 4.98 Å². The Morgan fingerprint density at radius 1 is 1.13 bits per heavy atom. The molecule has 1 aromatic heterocycles. The van der Waals surface area contributed by atoms with Crippen molar-refractivity contribution in [2.24, 2.45) is 0 Å². The van der Waals surface area contributed by atoms with E-state index in [0.29, 0.717) is 23.9 Å². The normalized spacial score (nSPS) is 16.3. The lowest BCUT2D eigenvalue weighted by Gasteiger charge is -2.31. The molecule has 1 aliphatic rings. The number of likely N-dealkylation sites (tertiary alicyclic amines) is 1. The first-order valence-corrected chi connectivity index (χ1v) is 10.2. The molecule has 2 heterocycles. The molecule has 0 aliphatic carbocycles. The van der Waals surface area contributed by atoms with Crippen molar-refractivity contribution in [2.45, 2.75) is 25.2 Å². The summed E-state index contributed by atoms with van der Waals surface area (Å²) in [5, 5.41) is 0. The van der Waals surface area contributed by atoms with Gasteiger partial charge in [-0.1, -0.05) is 42.5 Å². The molecular formula is C24H26N2O4. The Hall–Kier alpha value is -3.28. The predicted molar refractivity (Wildman–Crippen MR) is 113 cm³/mol. The van der Waals surface area contributed by atoms with Crippen LogP contribution in [0, 0.1) is 0 Å². The molecule has 30 heavy (non-hydrogen) atoms. The summed E-state index contributed by atoms with van der Waals surface area (Å²) in [6, 6.07) is 17.5. The minimum Gasteiger partial charge on any atom is -0.493 e. The summed E-state index contributed by atoms with van der Waals surface area (Å²) in [6.07, 6.45) is 4.40. The minimum absolute atomic E-state index is 0.0159. The maximum atomic E-state index is 12.7. The van der Waals surface area contributed by atoms with Gasteiger partial charge in [0, 0.05) is 19.5 Å². The van der Waals surface area contributed by atoms with Crippen molar-refractivity contribution < 1.29 is 18.7 Å². The lowest BCUT2D eigenvalue weighted by atomic mass is 9.98. The first-order valence-electron chi connectivity index (χ1n) is 10.2. The lowest BCUT2D eigenvalue weighted by Crippen LogP contribution is -2.41. The third-order valence-electron chi connectivity index (χ3n) is 5.34. The third-order valence-corrected chi connectivity index (χ3v) is 5.34. The molecule has 0 bridgehead atoms. The van der Waals surface area contributed by atoms with Gasteiger partial charge < -0.3 is 18.8 Å². The number of aromatic nitrogens is 1. The average Bonchev–Trinajstić information content (AvgIpc) is 3.27. The van der Waals surface area contributed by atoms with E-state index in [1.54, 1.807) is 19.4 Å². The molecule has 1 atom stereocenters. The quantitative estimate of drug-likeness (QED) is 0.592. The smallest absolute Gasteiger partial charge is 0.260 e. The van der Waals surface area contributed by atoms with Crippen molar-refractivity contribution in [1.82, 2.24) is 9.88 Å². The third kappa shape index (κ3) is 4.82. The van der Waals surface area contributed by atoms with E-state index in [1.807, 2.05) is 41.3 Å². The van der Waals surface area contributed by atoms with Gasteiger partial charge in [0.2, 0.25) is 0 Å². The zero-order valence-electron chi connectivity index (χ0n) is 17.1. The Morgan fingerprint density at radius 3 is 2.70 bits per heavy atom. The Labute approximate surface area is 176 Å². The molecule has 0 unspecified atom stereocenters. The maximum Gasteiger partial charge on any atom is 0.260 e. The summed E-state index contributed by atoms with van der Waals surface area (Å²) in [5.74, 6) is 2.82. The fourth-order valence-electron chi connectivity index (χ4n) is 3.76. The average molecular weight is 406 g/mol. The van der Waals surface area contributed by atoms with Crippen molar-refractivity contribution >= 4 is 5.91 Å². The Balaban J connectivity index is 1.34. The highest BCUT2D eigenvalue weighted by molar-refractivity contribution is 5.78. The number of para-hydroxylation sites is 2. The molecular weight excluding hydrogens is 380 g/mol. The molecule has 1 aliphatic heterocycles. The highest BCUT2D eigenvalue weighted by atomic mass is 16.5. The largest absolute Gasteiger partial charge is 0.493 e. The first-order chi connectivity index (χ1) is 14.7. The second-order valence-corrected chi connectivity index (χ2v) is 7.45. The molecule has 0 N–H and O–H groups in total. The van der Waals surface area contributed by atoms with Crippen molar-refractivity contribution in [2.75, 3.05) is 26.8 Å². The van der Waals surface area contributed by atoms with Gasteiger partial charge in [-0.15, -0.1) is 0 Å². The van der Waals surface area contributed by atoms with E-state index in [4.69, 9.17) is 13.9 Å². The fourth-order valence-corrected chi connectivity index (χ4v) is 3.76. The van der Waals surface area contributed by atoms with E-state index in [-0.39, 0.29) is 18.4 Å². The number of carbonyl (C=O) groups excluding carboxylic acids is 1. The summed E-state index contributed by atoms with van der Waals surface area (Å²) < 4.78 is 17.0. The van der Waals surface area contributed by atoms with E-state index >= 15 is 0 Å². The van der Waals surface area contributed by atoms with Gasteiger partial charge in [0.05, 0.1) is 19.2 Å². The van der Waals surface area contributed by atoms with Crippen LogP contribution in [0.25, 0.3) is 0 Å². The molecule has 1 amide bonds.